The quantitative estimate of drug-likeness (QED) is 0.605. The number of nitrogens with two attached hydrogens (primary N) is 2. The Labute approximate surface area is 114 Å². The molecule has 2 aromatic rings. The normalized spacial score (nSPS) is 10.4. The van der Waals surface area contributed by atoms with Crippen LogP contribution in [0.1, 0.15) is 16.1 Å². The second-order valence-electron chi connectivity index (χ2n) is 4.16. The van der Waals surface area contributed by atoms with Gasteiger partial charge in [-0.3, -0.25) is 4.79 Å². The molecule has 1 aromatic carbocycles. The zero-order valence-corrected chi connectivity index (χ0v) is 10.7. The van der Waals surface area contributed by atoms with E-state index in [0.29, 0.717) is 19.6 Å². The molecule has 0 bridgehead atoms. The van der Waals surface area contributed by atoms with Crippen LogP contribution >= 0.6 is 0 Å². The van der Waals surface area contributed by atoms with E-state index in [0.717, 1.165) is 5.56 Å². The average molecular weight is 280 g/mol. The Bertz CT molecular complexity index is 569. The van der Waals surface area contributed by atoms with Crippen molar-refractivity contribution in [2.75, 3.05) is 18.8 Å². The van der Waals surface area contributed by atoms with Gasteiger partial charge in [-0.15, -0.1) is 0 Å². The van der Waals surface area contributed by atoms with E-state index in [1.165, 1.54) is 12.1 Å². The predicted octanol–water partition coefficient (Wildman–Crippen LogP) is -0.716. The molecule has 0 saturated heterocycles. The third-order valence-electron chi connectivity index (χ3n) is 2.66. The third-order valence-corrected chi connectivity index (χ3v) is 2.66. The molecular weight excluding hydrogens is 265 g/mol. The summed E-state index contributed by atoms with van der Waals surface area (Å²) in [5.74, 6) is -0.698. The van der Waals surface area contributed by atoms with Crippen LogP contribution in [0.3, 0.4) is 0 Å². The maximum Gasteiger partial charge on any atom is 0.277 e. The summed E-state index contributed by atoms with van der Waals surface area (Å²) >= 11 is 0. The highest BCUT2D eigenvalue weighted by Crippen LogP contribution is 2.02. The number of benzene rings is 1. The molecule has 20 heavy (non-hydrogen) atoms. The molecule has 8 heteroatoms. The number of nitrogen functional groups attached to an aromatic ring is 1. The van der Waals surface area contributed by atoms with Crippen LogP contribution in [0.4, 0.5) is 10.2 Å². The zero-order chi connectivity index (χ0) is 14.4. The van der Waals surface area contributed by atoms with Crippen molar-refractivity contribution in [3.63, 3.8) is 0 Å². The molecule has 0 saturated carbocycles. The van der Waals surface area contributed by atoms with E-state index in [-0.39, 0.29) is 17.3 Å². The highest BCUT2D eigenvalue weighted by atomic mass is 19.1. The van der Waals surface area contributed by atoms with Crippen LogP contribution in [-0.4, -0.2) is 29.3 Å². The lowest BCUT2D eigenvalue weighted by Gasteiger charge is -2.03. The maximum absolute atomic E-state index is 12.7. The van der Waals surface area contributed by atoms with Crippen molar-refractivity contribution in [1.82, 2.24) is 15.6 Å². The van der Waals surface area contributed by atoms with Gasteiger partial charge in [0, 0.05) is 5.56 Å². The third kappa shape index (κ3) is 3.75. The minimum Gasteiger partial charge on any atom is -0.379 e. The van der Waals surface area contributed by atoms with Crippen LogP contribution in [0.15, 0.2) is 28.9 Å². The van der Waals surface area contributed by atoms with Crippen LogP contribution in [0, 0.1) is 5.82 Å². The molecule has 0 aliphatic heterocycles. The number of nitrogens with zero attached hydrogens (tertiary/aromatic N) is 2. The number of hydrogen-bond acceptors (Lipinski definition) is 5. The summed E-state index contributed by atoms with van der Waals surface area (Å²) in [7, 11) is 0. The summed E-state index contributed by atoms with van der Waals surface area (Å²) in [6.07, 6.45) is 0. The molecule has 2 rings (SSSR count). The molecule has 0 unspecified atom stereocenters. The van der Waals surface area contributed by atoms with E-state index in [9.17, 15) is 9.18 Å². The fourth-order valence-corrected chi connectivity index (χ4v) is 1.61. The molecule has 5 N–H and O–H groups in total. The monoisotopic (exact) mass is 280 g/mol. The molecular formula is C12H15FN5O2+. The average Bonchev–Trinajstić information content (AvgIpc) is 2.86. The maximum atomic E-state index is 12.7. The van der Waals surface area contributed by atoms with Gasteiger partial charge in [-0.1, -0.05) is 12.1 Å². The fourth-order valence-electron chi connectivity index (χ4n) is 1.61. The van der Waals surface area contributed by atoms with E-state index >= 15 is 0 Å². The van der Waals surface area contributed by atoms with Gasteiger partial charge in [-0.2, -0.15) is 0 Å². The first kappa shape index (κ1) is 13.9. The zero-order valence-electron chi connectivity index (χ0n) is 10.7. The number of carbonyl (C=O) groups excluding carboxylic acids is 1. The minimum atomic E-state index is -0.418. The standard InChI is InChI=1S/C12H14FN5O2/c13-9-3-1-8(2-4-9)7-15-5-6-16-12(19)10-11(14)18-20-17-10/h1-4,15H,5-7H2,(H2,14,18)(H,16,19)/p+1. The molecule has 0 atom stereocenters. The van der Waals surface area contributed by atoms with Crippen molar-refractivity contribution in [3.05, 3.63) is 41.3 Å². The number of anilines is 1. The molecule has 106 valence electrons. The number of halogens is 1. The fraction of sp³-hybridized carbons (Fsp3) is 0.250. The van der Waals surface area contributed by atoms with Gasteiger partial charge in [0.15, 0.2) is 0 Å². The van der Waals surface area contributed by atoms with Gasteiger partial charge in [0.2, 0.25) is 11.5 Å². The second-order valence-corrected chi connectivity index (χ2v) is 4.16. The van der Waals surface area contributed by atoms with Crippen LogP contribution < -0.4 is 16.4 Å². The first-order valence-electron chi connectivity index (χ1n) is 6.09. The summed E-state index contributed by atoms with van der Waals surface area (Å²) in [6.45, 7) is 1.84. The van der Waals surface area contributed by atoms with Gasteiger partial charge in [0.05, 0.1) is 13.1 Å². The summed E-state index contributed by atoms with van der Waals surface area (Å²) in [5, 5.41) is 11.4. The highest BCUT2D eigenvalue weighted by Gasteiger charge is 2.15. The van der Waals surface area contributed by atoms with E-state index in [1.54, 1.807) is 12.1 Å². The van der Waals surface area contributed by atoms with E-state index in [1.807, 2.05) is 5.32 Å². The molecule has 1 aromatic heterocycles. The van der Waals surface area contributed by atoms with Crippen LogP contribution in [0.5, 0.6) is 0 Å². The highest BCUT2D eigenvalue weighted by molar-refractivity contribution is 5.95. The number of carbonyl (C=O) groups is 1. The van der Waals surface area contributed by atoms with Gasteiger partial charge in [-0.25, -0.2) is 9.02 Å². The van der Waals surface area contributed by atoms with Crippen LogP contribution in [0.2, 0.25) is 0 Å². The lowest BCUT2D eigenvalue weighted by Crippen LogP contribution is -2.84. The number of hydrogen-bond donors (Lipinski definition) is 3. The van der Waals surface area contributed by atoms with Crippen molar-refractivity contribution >= 4 is 11.7 Å². The molecule has 0 aliphatic rings. The molecule has 1 amide bonds. The SMILES string of the molecule is Nc1nonc1C(=O)NCC[NH2+]Cc1ccc(F)cc1. The number of quaternary nitrogens is 1. The molecule has 0 spiro atoms. The lowest BCUT2D eigenvalue weighted by molar-refractivity contribution is -0.668. The Morgan fingerprint density at radius 3 is 2.75 bits per heavy atom. The first-order valence-corrected chi connectivity index (χ1v) is 6.09. The molecule has 0 aliphatic carbocycles. The summed E-state index contributed by atoms with van der Waals surface area (Å²) in [6, 6.07) is 6.30. The number of aromatic nitrogens is 2. The number of rotatable bonds is 6. The van der Waals surface area contributed by atoms with E-state index in [2.05, 4.69) is 20.3 Å². The predicted molar refractivity (Wildman–Crippen MR) is 67.9 cm³/mol. The lowest BCUT2D eigenvalue weighted by atomic mass is 10.2. The Kier molecular flexibility index (Phi) is 4.61. The van der Waals surface area contributed by atoms with E-state index < -0.39 is 5.91 Å². The van der Waals surface area contributed by atoms with Crippen molar-refractivity contribution in [2.45, 2.75) is 6.54 Å². The van der Waals surface area contributed by atoms with Crippen molar-refractivity contribution in [2.24, 2.45) is 0 Å². The summed E-state index contributed by atoms with van der Waals surface area (Å²) in [4.78, 5) is 11.6. The van der Waals surface area contributed by atoms with Gasteiger partial charge in [0.25, 0.3) is 5.91 Å². The summed E-state index contributed by atoms with van der Waals surface area (Å²) < 4.78 is 17.0. The second kappa shape index (κ2) is 6.62. The smallest absolute Gasteiger partial charge is 0.277 e. The van der Waals surface area contributed by atoms with Crippen molar-refractivity contribution in [3.8, 4) is 0 Å². The number of amides is 1. The van der Waals surface area contributed by atoms with Gasteiger partial charge < -0.3 is 16.4 Å². The Hall–Kier alpha value is -2.48. The van der Waals surface area contributed by atoms with Gasteiger partial charge >= 0.3 is 0 Å². The minimum absolute atomic E-state index is 0.0106. The largest absolute Gasteiger partial charge is 0.379 e. The Balaban J connectivity index is 1.66. The van der Waals surface area contributed by atoms with Gasteiger partial charge in [-0.05, 0) is 22.4 Å². The molecule has 0 fully saturated rings. The molecule has 0 radical (unpaired) electrons. The molecule has 7 nitrogen and oxygen atoms in total. The van der Waals surface area contributed by atoms with Crippen molar-refractivity contribution < 1.29 is 19.1 Å². The van der Waals surface area contributed by atoms with Gasteiger partial charge in [0.1, 0.15) is 12.4 Å². The molecule has 1 heterocycles. The van der Waals surface area contributed by atoms with E-state index in [4.69, 9.17) is 5.73 Å². The van der Waals surface area contributed by atoms with Crippen LogP contribution in [-0.2, 0) is 6.54 Å². The Morgan fingerprint density at radius 2 is 2.10 bits per heavy atom. The Morgan fingerprint density at radius 1 is 1.35 bits per heavy atom. The number of nitrogens with one attached hydrogen (secondary N) is 1. The first-order chi connectivity index (χ1) is 9.66. The van der Waals surface area contributed by atoms with Crippen molar-refractivity contribution in [1.29, 1.82) is 0 Å². The summed E-state index contributed by atoms with van der Waals surface area (Å²) in [5.41, 5.74) is 6.40. The topological polar surface area (TPSA) is 111 Å². The van der Waals surface area contributed by atoms with Crippen LogP contribution in [0.25, 0.3) is 0 Å².